The first-order valence-electron chi connectivity index (χ1n) is 6.00. The van der Waals surface area contributed by atoms with Gasteiger partial charge >= 0.3 is 5.97 Å². The van der Waals surface area contributed by atoms with Crippen LogP contribution in [0.25, 0.3) is 0 Å². The molecule has 1 N–H and O–H groups in total. The topological polar surface area (TPSA) is 54.4 Å². The second kappa shape index (κ2) is 5.13. The van der Waals surface area contributed by atoms with E-state index in [2.05, 4.69) is 0 Å². The summed E-state index contributed by atoms with van der Waals surface area (Å²) in [5.41, 5.74) is 0.742. The summed E-state index contributed by atoms with van der Waals surface area (Å²) >= 11 is 0. The number of carboxylic acid groups (broad SMARTS) is 1. The summed E-state index contributed by atoms with van der Waals surface area (Å²) in [6.45, 7) is 0. The third-order valence-corrected chi connectivity index (χ3v) is 3.51. The molecular weight excluding hydrogens is 216 g/mol. The van der Waals surface area contributed by atoms with Gasteiger partial charge < -0.3 is 5.11 Å². The molecule has 0 saturated heterocycles. The smallest absolute Gasteiger partial charge is 0.306 e. The highest BCUT2D eigenvalue weighted by atomic mass is 16.4. The van der Waals surface area contributed by atoms with Gasteiger partial charge in [-0.1, -0.05) is 30.3 Å². The number of ketones is 1. The van der Waals surface area contributed by atoms with E-state index in [-0.39, 0.29) is 17.6 Å². The van der Waals surface area contributed by atoms with Gasteiger partial charge in [0.25, 0.3) is 0 Å². The molecule has 1 aliphatic rings. The third kappa shape index (κ3) is 2.73. The van der Waals surface area contributed by atoms with Crippen LogP contribution in [0.3, 0.4) is 0 Å². The SMILES string of the molecule is O=C(O)C1CCC(C(=O)c2ccccc2)CC1. The molecule has 0 heterocycles. The Morgan fingerprint density at radius 2 is 1.47 bits per heavy atom. The summed E-state index contributed by atoms with van der Waals surface area (Å²) in [6.07, 6.45) is 2.65. The van der Waals surface area contributed by atoms with Gasteiger partial charge in [-0.05, 0) is 25.7 Å². The first-order valence-corrected chi connectivity index (χ1v) is 6.00. The normalized spacial score (nSPS) is 24.2. The fourth-order valence-corrected chi connectivity index (χ4v) is 2.44. The van der Waals surface area contributed by atoms with Gasteiger partial charge in [0.1, 0.15) is 0 Å². The fraction of sp³-hybridized carbons (Fsp3) is 0.429. The molecule has 0 bridgehead atoms. The summed E-state index contributed by atoms with van der Waals surface area (Å²) in [6, 6.07) is 9.25. The van der Waals surface area contributed by atoms with Crippen LogP contribution < -0.4 is 0 Å². The van der Waals surface area contributed by atoms with Crippen LogP contribution in [0, 0.1) is 11.8 Å². The van der Waals surface area contributed by atoms with Gasteiger partial charge in [-0.2, -0.15) is 0 Å². The zero-order valence-electron chi connectivity index (χ0n) is 9.63. The van der Waals surface area contributed by atoms with Crippen LogP contribution in [0.15, 0.2) is 30.3 Å². The van der Waals surface area contributed by atoms with Gasteiger partial charge in [-0.3, -0.25) is 9.59 Å². The predicted octanol–water partition coefficient (Wildman–Crippen LogP) is 2.76. The second-order valence-corrected chi connectivity index (χ2v) is 4.62. The number of benzene rings is 1. The molecule has 90 valence electrons. The van der Waals surface area contributed by atoms with Gasteiger partial charge in [-0.15, -0.1) is 0 Å². The molecule has 0 amide bonds. The molecule has 0 aromatic heterocycles. The largest absolute Gasteiger partial charge is 0.481 e. The van der Waals surface area contributed by atoms with E-state index in [0.717, 1.165) is 5.56 Å². The molecule has 1 saturated carbocycles. The summed E-state index contributed by atoms with van der Waals surface area (Å²) in [7, 11) is 0. The van der Waals surface area contributed by atoms with E-state index in [1.807, 2.05) is 30.3 Å². The Labute approximate surface area is 100 Å². The maximum atomic E-state index is 12.1. The number of hydrogen-bond donors (Lipinski definition) is 1. The molecule has 1 aliphatic carbocycles. The lowest BCUT2D eigenvalue weighted by atomic mass is 9.79. The average Bonchev–Trinajstić information content (AvgIpc) is 2.39. The van der Waals surface area contributed by atoms with Crippen molar-refractivity contribution in [1.82, 2.24) is 0 Å². The van der Waals surface area contributed by atoms with Crippen LogP contribution in [-0.4, -0.2) is 16.9 Å². The number of aliphatic carboxylic acids is 1. The number of Topliss-reactive ketones (excluding diaryl/α,β-unsaturated/α-hetero) is 1. The summed E-state index contributed by atoms with van der Waals surface area (Å²) in [5, 5.41) is 8.90. The standard InChI is InChI=1S/C14H16O3/c15-13(10-4-2-1-3-5-10)11-6-8-12(9-7-11)14(16)17/h1-5,11-12H,6-9H2,(H,16,17). The van der Waals surface area contributed by atoms with Gasteiger partial charge in [0.15, 0.2) is 5.78 Å². The zero-order valence-corrected chi connectivity index (χ0v) is 9.63. The molecule has 1 fully saturated rings. The Hall–Kier alpha value is -1.64. The molecule has 17 heavy (non-hydrogen) atoms. The minimum Gasteiger partial charge on any atom is -0.481 e. The summed E-state index contributed by atoms with van der Waals surface area (Å²) in [4.78, 5) is 22.9. The van der Waals surface area contributed by atoms with Gasteiger partial charge in [0.05, 0.1) is 5.92 Å². The first kappa shape index (κ1) is 11.8. The van der Waals surface area contributed by atoms with Crippen LogP contribution >= 0.6 is 0 Å². The molecule has 0 unspecified atom stereocenters. The van der Waals surface area contributed by atoms with E-state index >= 15 is 0 Å². The monoisotopic (exact) mass is 232 g/mol. The Morgan fingerprint density at radius 1 is 0.941 bits per heavy atom. The molecule has 0 atom stereocenters. The average molecular weight is 232 g/mol. The van der Waals surface area contributed by atoms with Gasteiger partial charge in [-0.25, -0.2) is 0 Å². The van der Waals surface area contributed by atoms with Crippen molar-refractivity contribution in [3.05, 3.63) is 35.9 Å². The van der Waals surface area contributed by atoms with Gasteiger partial charge in [0, 0.05) is 11.5 Å². The van der Waals surface area contributed by atoms with E-state index in [4.69, 9.17) is 5.11 Å². The zero-order chi connectivity index (χ0) is 12.3. The predicted molar refractivity (Wildman–Crippen MR) is 63.9 cm³/mol. The van der Waals surface area contributed by atoms with Crippen molar-refractivity contribution in [2.75, 3.05) is 0 Å². The lowest BCUT2D eigenvalue weighted by Crippen LogP contribution is -2.25. The maximum Gasteiger partial charge on any atom is 0.306 e. The minimum absolute atomic E-state index is 0.00741. The van der Waals surface area contributed by atoms with E-state index < -0.39 is 5.97 Å². The molecule has 2 rings (SSSR count). The number of carboxylic acids is 1. The van der Waals surface area contributed by atoms with Crippen LogP contribution in [-0.2, 0) is 4.79 Å². The number of hydrogen-bond acceptors (Lipinski definition) is 2. The van der Waals surface area contributed by atoms with Crippen molar-refractivity contribution in [2.45, 2.75) is 25.7 Å². The highest BCUT2D eigenvalue weighted by Gasteiger charge is 2.29. The lowest BCUT2D eigenvalue weighted by Gasteiger charge is -2.24. The van der Waals surface area contributed by atoms with Crippen molar-refractivity contribution in [2.24, 2.45) is 11.8 Å². The van der Waals surface area contributed by atoms with Crippen molar-refractivity contribution in [3.8, 4) is 0 Å². The van der Waals surface area contributed by atoms with Crippen molar-refractivity contribution < 1.29 is 14.7 Å². The van der Waals surface area contributed by atoms with E-state index in [1.165, 1.54) is 0 Å². The van der Waals surface area contributed by atoms with E-state index in [1.54, 1.807) is 0 Å². The fourth-order valence-electron chi connectivity index (χ4n) is 2.44. The van der Waals surface area contributed by atoms with Crippen LogP contribution in [0.4, 0.5) is 0 Å². The highest BCUT2D eigenvalue weighted by molar-refractivity contribution is 5.97. The molecule has 0 spiro atoms. The van der Waals surface area contributed by atoms with Crippen molar-refractivity contribution in [3.63, 3.8) is 0 Å². The third-order valence-electron chi connectivity index (χ3n) is 3.51. The number of rotatable bonds is 3. The Kier molecular flexibility index (Phi) is 3.57. The Bertz CT molecular complexity index is 403. The van der Waals surface area contributed by atoms with E-state index in [9.17, 15) is 9.59 Å². The molecule has 3 heteroatoms. The van der Waals surface area contributed by atoms with Crippen molar-refractivity contribution >= 4 is 11.8 Å². The first-order chi connectivity index (χ1) is 8.18. The molecular formula is C14H16O3. The van der Waals surface area contributed by atoms with Crippen LogP contribution in [0.5, 0.6) is 0 Å². The van der Waals surface area contributed by atoms with Gasteiger partial charge in [0.2, 0.25) is 0 Å². The Morgan fingerprint density at radius 3 is 2.00 bits per heavy atom. The molecule has 0 aliphatic heterocycles. The van der Waals surface area contributed by atoms with Crippen molar-refractivity contribution in [1.29, 1.82) is 0 Å². The molecule has 3 nitrogen and oxygen atoms in total. The minimum atomic E-state index is -0.726. The van der Waals surface area contributed by atoms with Crippen LogP contribution in [0.2, 0.25) is 0 Å². The molecule has 1 aromatic carbocycles. The number of carbonyl (C=O) groups excluding carboxylic acids is 1. The lowest BCUT2D eigenvalue weighted by molar-refractivity contribution is -0.143. The highest BCUT2D eigenvalue weighted by Crippen LogP contribution is 2.31. The Balaban J connectivity index is 1.98. The maximum absolute atomic E-state index is 12.1. The summed E-state index contributed by atoms with van der Waals surface area (Å²) < 4.78 is 0. The second-order valence-electron chi connectivity index (χ2n) is 4.62. The summed E-state index contributed by atoms with van der Waals surface area (Å²) in [5.74, 6) is -0.812. The quantitative estimate of drug-likeness (QED) is 0.815. The van der Waals surface area contributed by atoms with Crippen LogP contribution in [0.1, 0.15) is 36.0 Å². The number of carbonyl (C=O) groups is 2. The molecule has 1 aromatic rings. The van der Waals surface area contributed by atoms with E-state index in [0.29, 0.717) is 25.7 Å². The molecule has 0 radical (unpaired) electrons.